The molecule has 0 aromatic rings. The van der Waals surface area contributed by atoms with Gasteiger partial charge in [0.25, 0.3) is 0 Å². The molecule has 9 heteroatoms. The fourth-order valence-electron chi connectivity index (χ4n) is 6.22. The molecule has 0 radical (unpaired) electrons. The molecule has 2 rings (SSSR count). The number of likely N-dealkylation sites (tertiary alicyclic amines) is 2. The monoisotopic (exact) mass is 603 g/mol. The minimum Gasteiger partial charge on any atom is -0.354 e. The molecular formula is C34H61N5O4. The summed E-state index contributed by atoms with van der Waals surface area (Å²) >= 11 is 0. The highest BCUT2D eigenvalue weighted by atomic mass is 16.2. The van der Waals surface area contributed by atoms with Crippen LogP contribution in [0.25, 0.3) is 0 Å². The van der Waals surface area contributed by atoms with Gasteiger partial charge >= 0.3 is 0 Å². The molecule has 2 N–H and O–H groups in total. The molecule has 9 nitrogen and oxygen atoms in total. The minimum atomic E-state index is -0.719. The van der Waals surface area contributed by atoms with E-state index in [1.54, 1.807) is 23.8 Å². The minimum absolute atomic E-state index is 0.0241. The number of rotatable bonds is 12. The van der Waals surface area contributed by atoms with E-state index < -0.39 is 17.5 Å². The van der Waals surface area contributed by atoms with E-state index in [9.17, 15) is 19.2 Å². The third-order valence-corrected chi connectivity index (χ3v) is 9.28. The van der Waals surface area contributed by atoms with Gasteiger partial charge in [-0.1, -0.05) is 67.4 Å². The molecule has 0 aromatic carbocycles. The van der Waals surface area contributed by atoms with Crippen molar-refractivity contribution >= 4 is 23.6 Å². The van der Waals surface area contributed by atoms with E-state index in [-0.39, 0.29) is 47.7 Å². The van der Waals surface area contributed by atoms with Gasteiger partial charge in [-0.25, -0.2) is 0 Å². The Kier molecular flexibility index (Phi) is 13.7. The predicted octanol–water partition coefficient (Wildman–Crippen LogP) is 4.36. The van der Waals surface area contributed by atoms with E-state index in [2.05, 4.69) is 43.2 Å². The van der Waals surface area contributed by atoms with Gasteiger partial charge in [-0.15, -0.1) is 0 Å². The summed E-state index contributed by atoms with van der Waals surface area (Å²) in [6.45, 7) is 22.2. The molecule has 0 aliphatic carbocycles. The van der Waals surface area contributed by atoms with Crippen LogP contribution in [0.5, 0.6) is 0 Å². The third kappa shape index (κ3) is 9.79. The normalized spacial score (nSPS) is 22.3. The van der Waals surface area contributed by atoms with Crippen molar-refractivity contribution in [3.63, 3.8) is 0 Å². The Morgan fingerprint density at radius 2 is 1.56 bits per heavy atom. The molecule has 246 valence electrons. The molecular weight excluding hydrogens is 542 g/mol. The van der Waals surface area contributed by atoms with Gasteiger partial charge in [0.05, 0.1) is 12.1 Å². The first-order valence-corrected chi connectivity index (χ1v) is 16.6. The Labute approximate surface area is 261 Å². The number of carbonyl (C=O) groups is 4. The average Bonchev–Trinajstić information content (AvgIpc) is 3.45. The van der Waals surface area contributed by atoms with Gasteiger partial charge in [0.1, 0.15) is 12.1 Å². The Morgan fingerprint density at radius 1 is 0.930 bits per heavy atom. The highest BCUT2D eigenvalue weighted by Crippen LogP contribution is 2.27. The highest BCUT2D eigenvalue weighted by molar-refractivity contribution is 5.97. The van der Waals surface area contributed by atoms with E-state index in [0.29, 0.717) is 31.0 Å². The van der Waals surface area contributed by atoms with Crippen LogP contribution in [0, 0.1) is 17.3 Å². The number of hydrogen-bond acceptors (Lipinski definition) is 5. The molecule has 4 unspecified atom stereocenters. The van der Waals surface area contributed by atoms with Crippen LogP contribution in [-0.2, 0) is 19.2 Å². The lowest BCUT2D eigenvalue weighted by molar-refractivity contribution is -0.142. The van der Waals surface area contributed by atoms with Crippen molar-refractivity contribution in [2.45, 2.75) is 138 Å². The summed E-state index contributed by atoms with van der Waals surface area (Å²) < 4.78 is 0. The van der Waals surface area contributed by atoms with E-state index in [1.165, 1.54) is 0 Å². The molecule has 0 bridgehead atoms. The van der Waals surface area contributed by atoms with Crippen LogP contribution < -0.4 is 10.6 Å². The Balaban J connectivity index is 2.23. The highest BCUT2D eigenvalue weighted by Gasteiger charge is 2.40. The van der Waals surface area contributed by atoms with Crippen molar-refractivity contribution in [3.8, 4) is 0 Å². The second kappa shape index (κ2) is 16.1. The van der Waals surface area contributed by atoms with Gasteiger partial charge in [0, 0.05) is 31.8 Å². The summed E-state index contributed by atoms with van der Waals surface area (Å²) in [5.41, 5.74) is 0.00550. The molecule has 0 saturated carbocycles. The summed E-state index contributed by atoms with van der Waals surface area (Å²) in [4.78, 5) is 59.8. The second-order valence-corrected chi connectivity index (χ2v) is 14.6. The first-order chi connectivity index (χ1) is 20.0. The summed E-state index contributed by atoms with van der Waals surface area (Å²) in [6, 6.07) is -1.54. The maximum atomic E-state index is 14.1. The number of nitrogens with zero attached hydrogens (tertiary/aromatic N) is 3. The zero-order valence-electron chi connectivity index (χ0n) is 29.0. The van der Waals surface area contributed by atoms with Crippen LogP contribution in [0.2, 0.25) is 0 Å². The van der Waals surface area contributed by atoms with Crippen molar-refractivity contribution in [3.05, 3.63) is 11.6 Å². The molecule has 0 spiro atoms. The molecule has 2 aliphatic rings. The Bertz CT molecular complexity index is 1000. The Morgan fingerprint density at radius 3 is 2.12 bits per heavy atom. The zero-order chi connectivity index (χ0) is 32.6. The lowest BCUT2D eigenvalue weighted by Gasteiger charge is -2.41. The quantitative estimate of drug-likeness (QED) is 0.323. The van der Waals surface area contributed by atoms with Gasteiger partial charge in [-0.05, 0) is 70.3 Å². The number of piperidine rings is 1. The average molecular weight is 604 g/mol. The molecule has 2 saturated heterocycles. The lowest BCUT2D eigenvalue weighted by Crippen LogP contribution is -2.60. The number of hydrogen-bond donors (Lipinski definition) is 2. The standard InChI is InChI=1S/C34H61N5O4/c1-12-24(6)21-35-30(40)26-17-15-19-39(26)32(42)25(7)20-28(22(2)3)37(11)33(43)29(34(8,9)10)36-31(41)27-16-13-14-18-38(27)23(4)5/h20,22-24,26-29H,12-19,21H2,1-11H3,(H,35,40)(H,36,41)/b25-20+/t24-,26?,27?,28?,29?/m0/s1. The van der Waals surface area contributed by atoms with Crippen LogP contribution in [-0.4, -0.2) is 95.2 Å². The van der Waals surface area contributed by atoms with Crippen LogP contribution in [0.4, 0.5) is 0 Å². The molecule has 4 amide bonds. The van der Waals surface area contributed by atoms with Gasteiger partial charge in [0.2, 0.25) is 23.6 Å². The first kappa shape index (κ1) is 36.8. The number of likely N-dealkylation sites (N-methyl/N-ethyl adjacent to an activating group) is 1. The first-order valence-electron chi connectivity index (χ1n) is 16.6. The summed E-state index contributed by atoms with van der Waals surface area (Å²) in [6.07, 6.45) is 7.15. The third-order valence-electron chi connectivity index (χ3n) is 9.28. The summed E-state index contributed by atoms with van der Waals surface area (Å²) in [7, 11) is 1.76. The van der Waals surface area contributed by atoms with Crippen molar-refractivity contribution in [2.75, 3.05) is 26.7 Å². The lowest BCUT2D eigenvalue weighted by atomic mass is 9.84. The topological polar surface area (TPSA) is 102 Å². The van der Waals surface area contributed by atoms with E-state index in [1.807, 2.05) is 40.7 Å². The summed E-state index contributed by atoms with van der Waals surface area (Å²) in [5.74, 6) is -0.120. The number of amides is 4. The van der Waals surface area contributed by atoms with Crippen molar-refractivity contribution < 1.29 is 19.2 Å². The predicted molar refractivity (Wildman–Crippen MR) is 173 cm³/mol. The van der Waals surface area contributed by atoms with Gasteiger partial charge in [-0.3, -0.25) is 24.1 Å². The fraction of sp³-hybridized carbons (Fsp3) is 0.824. The van der Waals surface area contributed by atoms with E-state index in [0.717, 1.165) is 38.6 Å². The maximum absolute atomic E-state index is 14.1. The van der Waals surface area contributed by atoms with Crippen LogP contribution in [0.1, 0.15) is 108 Å². The van der Waals surface area contributed by atoms with Crippen molar-refractivity contribution in [1.82, 2.24) is 25.3 Å². The molecule has 43 heavy (non-hydrogen) atoms. The smallest absolute Gasteiger partial charge is 0.249 e. The number of carbonyl (C=O) groups excluding carboxylic acids is 4. The second-order valence-electron chi connectivity index (χ2n) is 14.6. The van der Waals surface area contributed by atoms with Crippen molar-refractivity contribution in [2.24, 2.45) is 17.3 Å². The van der Waals surface area contributed by atoms with E-state index in [4.69, 9.17) is 0 Å². The molecule has 5 atom stereocenters. The van der Waals surface area contributed by atoms with Gasteiger partial charge in [-0.2, -0.15) is 0 Å². The van der Waals surface area contributed by atoms with Crippen molar-refractivity contribution in [1.29, 1.82) is 0 Å². The Hall–Kier alpha value is -2.42. The molecule has 2 fully saturated rings. The SMILES string of the molecule is CC[C@H](C)CNC(=O)C1CCCN1C(=O)/C(C)=C/C(C(C)C)N(C)C(=O)C(NC(=O)C1CCCCN1C(C)C)C(C)(C)C. The number of nitrogens with one attached hydrogen (secondary N) is 2. The summed E-state index contributed by atoms with van der Waals surface area (Å²) in [5, 5.41) is 6.16. The van der Waals surface area contributed by atoms with Crippen LogP contribution >= 0.6 is 0 Å². The zero-order valence-corrected chi connectivity index (χ0v) is 29.0. The molecule has 2 aliphatic heterocycles. The largest absolute Gasteiger partial charge is 0.354 e. The van der Waals surface area contributed by atoms with E-state index >= 15 is 0 Å². The van der Waals surface area contributed by atoms with Gasteiger partial charge < -0.3 is 20.4 Å². The van der Waals surface area contributed by atoms with Crippen LogP contribution in [0.3, 0.4) is 0 Å². The fourth-order valence-corrected chi connectivity index (χ4v) is 6.22. The maximum Gasteiger partial charge on any atom is 0.249 e. The molecule has 0 aromatic heterocycles. The van der Waals surface area contributed by atoms with Crippen LogP contribution in [0.15, 0.2) is 11.6 Å². The van der Waals surface area contributed by atoms with Gasteiger partial charge in [0.15, 0.2) is 0 Å². The molecule has 2 heterocycles.